The predicted octanol–water partition coefficient (Wildman–Crippen LogP) is 10.4. The van der Waals surface area contributed by atoms with Crippen LogP contribution in [-0.4, -0.2) is 81.3 Å². The molecule has 5 aromatic rings. The minimum Gasteiger partial charge on any atom is -0.385 e. The van der Waals surface area contributed by atoms with Crippen LogP contribution in [0.3, 0.4) is 0 Å². The van der Waals surface area contributed by atoms with E-state index in [1.165, 1.54) is 27.4 Å². The first-order valence-corrected chi connectivity index (χ1v) is 20.5. The number of morpholine rings is 1. The highest BCUT2D eigenvalue weighted by atomic mass is 35.5. The third kappa shape index (κ3) is 8.57. The Morgan fingerprint density at radius 1 is 0.755 bits per heavy atom. The fourth-order valence-electron chi connectivity index (χ4n) is 7.87. The van der Waals surface area contributed by atoms with Crippen molar-refractivity contribution in [3.05, 3.63) is 108 Å². The Labute approximate surface area is 323 Å². The molecule has 0 aliphatic carbocycles. The summed E-state index contributed by atoms with van der Waals surface area (Å²) in [7, 11) is 0. The first-order valence-electron chi connectivity index (χ1n) is 18.9. The highest BCUT2D eigenvalue weighted by molar-refractivity contribution is 7.98. The molecule has 278 valence electrons. The zero-order valence-electron chi connectivity index (χ0n) is 31.4. The van der Waals surface area contributed by atoms with Gasteiger partial charge in [0.2, 0.25) is 0 Å². The quantitative estimate of drug-likeness (QED) is 0.101. The summed E-state index contributed by atoms with van der Waals surface area (Å²) < 4.78 is 23.4. The average Bonchev–Trinajstić information content (AvgIpc) is 3.49. The van der Waals surface area contributed by atoms with Gasteiger partial charge in [-0.05, 0) is 117 Å². The van der Waals surface area contributed by atoms with Crippen molar-refractivity contribution in [2.24, 2.45) is 0 Å². The van der Waals surface area contributed by atoms with E-state index in [1.54, 1.807) is 23.9 Å². The summed E-state index contributed by atoms with van der Waals surface area (Å²) in [6, 6.07) is 31.4. The van der Waals surface area contributed by atoms with Gasteiger partial charge < -0.3 is 24.4 Å². The maximum Gasteiger partial charge on any atom is 0.125 e. The number of benzene rings is 4. The van der Waals surface area contributed by atoms with Crippen LogP contribution in [0.4, 0.5) is 21.5 Å². The molecule has 9 heteroatoms. The van der Waals surface area contributed by atoms with Crippen molar-refractivity contribution < 1.29 is 9.13 Å². The second-order valence-corrected chi connectivity index (χ2v) is 15.6. The Hall–Kier alpha value is -3.95. The fourth-order valence-corrected chi connectivity index (χ4v) is 8.81. The van der Waals surface area contributed by atoms with Gasteiger partial charge in [-0.3, -0.25) is 4.90 Å². The summed E-state index contributed by atoms with van der Waals surface area (Å²) in [6.45, 7) is 15.8. The molecule has 2 saturated heterocycles. The molecule has 1 N–H and O–H groups in total. The Bertz CT molecular complexity index is 1970. The Morgan fingerprint density at radius 2 is 1.36 bits per heavy atom. The maximum atomic E-state index is 15.6. The van der Waals surface area contributed by atoms with E-state index in [1.807, 2.05) is 12.1 Å². The molecule has 4 aromatic carbocycles. The van der Waals surface area contributed by atoms with Crippen LogP contribution in [0.5, 0.6) is 0 Å². The lowest BCUT2D eigenvalue weighted by Crippen LogP contribution is -2.46. The minimum atomic E-state index is -0.216. The number of rotatable bonds is 12. The van der Waals surface area contributed by atoms with Crippen molar-refractivity contribution in [2.75, 3.05) is 86.9 Å². The number of hydrogen-bond acceptors (Lipinski definition) is 6. The lowest BCUT2D eigenvalue weighted by Gasteiger charge is -2.37. The predicted molar refractivity (Wildman–Crippen MR) is 224 cm³/mol. The van der Waals surface area contributed by atoms with E-state index in [2.05, 4.69) is 118 Å². The van der Waals surface area contributed by atoms with E-state index in [-0.39, 0.29) is 11.9 Å². The van der Waals surface area contributed by atoms with Crippen molar-refractivity contribution in [2.45, 2.75) is 38.1 Å². The summed E-state index contributed by atoms with van der Waals surface area (Å²) in [5.74, 6) is -0.216. The van der Waals surface area contributed by atoms with E-state index in [0.717, 1.165) is 106 Å². The second kappa shape index (κ2) is 17.0. The highest BCUT2D eigenvalue weighted by Crippen LogP contribution is 2.46. The molecule has 0 spiro atoms. The van der Waals surface area contributed by atoms with Gasteiger partial charge in [-0.2, -0.15) is 0 Å². The number of piperazine rings is 1. The number of hydrogen-bond donors (Lipinski definition) is 1. The first-order chi connectivity index (χ1) is 25.8. The van der Waals surface area contributed by atoms with Gasteiger partial charge in [-0.25, -0.2) is 4.39 Å². The van der Waals surface area contributed by atoms with E-state index in [4.69, 9.17) is 16.3 Å². The molecule has 2 fully saturated rings. The average molecular weight is 752 g/mol. The van der Waals surface area contributed by atoms with Crippen LogP contribution in [0.1, 0.15) is 32.0 Å². The molecular weight excluding hydrogens is 701 g/mol. The van der Waals surface area contributed by atoms with Gasteiger partial charge in [0, 0.05) is 90.1 Å². The van der Waals surface area contributed by atoms with Crippen LogP contribution in [0.15, 0.2) is 95.9 Å². The van der Waals surface area contributed by atoms with Crippen LogP contribution < -0.4 is 15.1 Å². The van der Waals surface area contributed by atoms with Crippen molar-refractivity contribution in [1.82, 2.24) is 9.47 Å². The summed E-state index contributed by atoms with van der Waals surface area (Å²) in [4.78, 5) is 8.41. The normalized spacial score (nSPS) is 15.4. The van der Waals surface area contributed by atoms with Crippen LogP contribution >= 0.6 is 23.4 Å². The van der Waals surface area contributed by atoms with Gasteiger partial charge in [0.1, 0.15) is 5.82 Å². The van der Waals surface area contributed by atoms with Gasteiger partial charge >= 0.3 is 0 Å². The van der Waals surface area contributed by atoms with E-state index >= 15 is 4.39 Å². The number of ether oxygens (including phenoxy) is 1. The summed E-state index contributed by atoms with van der Waals surface area (Å²) in [5, 5.41) is 4.27. The van der Waals surface area contributed by atoms with Crippen LogP contribution in [-0.2, 0) is 4.74 Å². The Morgan fingerprint density at radius 3 is 1.98 bits per heavy atom. The third-order valence-electron chi connectivity index (χ3n) is 10.6. The molecule has 0 saturated carbocycles. The Balaban J connectivity index is 1.01. The zero-order valence-corrected chi connectivity index (χ0v) is 32.9. The molecule has 1 aromatic heterocycles. The highest BCUT2D eigenvalue weighted by Gasteiger charge is 2.26. The minimum absolute atomic E-state index is 0.216. The van der Waals surface area contributed by atoms with Crippen molar-refractivity contribution in [3.63, 3.8) is 0 Å². The molecule has 3 heterocycles. The number of aromatic nitrogens is 1. The molecule has 2 aliphatic heterocycles. The van der Waals surface area contributed by atoms with E-state index in [0.29, 0.717) is 5.02 Å². The summed E-state index contributed by atoms with van der Waals surface area (Å²) in [6.07, 6.45) is 3.23. The largest absolute Gasteiger partial charge is 0.385 e. The molecule has 0 bridgehead atoms. The van der Waals surface area contributed by atoms with Crippen molar-refractivity contribution in [3.8, 4) is 33.5 Å². The molecule has 53 heavy (non-hydrogen) atoms. The summed E-state index contributed by atoms with van der Waals surface area (Å²) >= 11 is 8.02. The maximum absolute atomic E-state index is 15.6. The van der Waals surface area contributed by atoms with Crippen molar-refractivity contribution in [1.29, 1.82) is 0 Å². The molecule has 2 aliphatic rings. The molecular formula is C44H51ClFN5OS. The number of nitrogens with one attached hydrogen (secondary N) is 1. The number of thioether (sulfide) groups is 1. The summed E-state index contributed by atoms with van der Waals surface area (Å²) in [5.41, 5.74) is 11.1. The smallest absolute Gasteiger partial charge is 0.125 e. The van der Waals surface area contributed by atoms with Crippen LogP contribution in [0, 0.1) is 12.7 Å². The molecule has 0 amide bonds. The lowest BCUT2D eigenvalue weighted by atomic mass is 9.99. The number of nitrogens with zero attached hydrogens (tertiary/aromatic N) is 4. The van der Waals surface area contributed by atoms with Gasteiger partial charge in [0.05, 0.1) is 18.9 Å². The molecule has 7 rings (SSSR count). The topological polar surface area (TPSA) is 35.9 Å². The number of halogens is 2. The van der Waals surface area contributed by atoms with Gasteiger partial charge in [0.25, 0.3) is 0 Å². The Kier molecular flexibility index (Phi) is 12.0. The van der Waals surface area contributed by atoms with Crippen LogP contribution in [0.25, 0.3) is 33.5 Å². The third-order valence-corrected chi connectivity index (χ3v) is 11.7. The SMILES string of the molecule is CSc1c(-c2cc(F)cc(N3CCN(c4ccc(-c5ccc(NCCCN6CCOCC6)cc5)cc4)CC3)c2)c(-c2ccc(Cl)cc2)n(C(C)C)c1C. The van der Waals surface area contributed by atoms with Gasteiger partial charge in [0.15, 0.2) is 0 Å². The zero-order chi connectivity index (χ0) is 36.9. The fraction of sp³-hybridized carbons (Fsp3) is 0.364. The second-order valence-electron chi connectivity index (χ2n) is 14.3. The monoisotopic (exact) mass is 751 g/mol. The lowest BCUT2D eigenvalue weighted by molar-refractivity contribution is 0.0378. The molecule has 0 radical (unpaired) electrons. The van der Waals surface area contributed by atoms with Gasteiger partial charge in [-0.15, -0.1) is 11.8 Å². The van der Waals surface area contributed by atoms with Crippen LogP contribution in [0.2, 0.25) is 5.02 Å². The van der Waals surface area contributed by atoms with Crippen molar-refractivity contribution >= 4 is 40.4 Å². The number of anilines is 3. The molecule has 0 atom stereocenters. The first kappa shape index (κ1) is 37.4. The van der Waals surface area contributed by atoms with E-state index in [9.17, 15) is 0 Å². The van der Waals surface area contributed by atoms with Gasteiger partial charge in [-0.1, -0.05) is 48.0 Å². The van der Waals surface area contributed by atoms with E-state index < -0.39 is 0 Å². The standard InChI is InChI=1S/C44H51ClFN5OS/c1-31(2)51-32(3)44(53-4)42(43(51)35-6-12-37(45)13-7-35)36-28-38(46)30-41(29-36)50-22-20-49(21-23-50)40-16-10-34(11-17-40)33-8-14-39(15-9-33)47-18-5-19-48-24-26-52-27-25-48/h6-17,28-31,47H,5,18-27H2,1-4H3. The molecule has 6 nitrogen and oxygen atoms in total. The molecule has 0 unspecified atom stereocenters.